The van der Waals surface area contributed by atoms with E-state index < -0.39 is 40.2 Å². The van der Waals surface area contributed by atoms with Gasteiger partial charge in [0.15, 0.2) is 0 Å². The number of urea groups is 1. The van der Waals surface area contributed by atoms with Crippen LogP contribution in [0.2, 0.25) is 0 Å². The minimum Gasteiger partial charge on any atom is -0.259 e. The Labute approximate surface area is 92.2 Å². The molecule has 2 fully saturated rings. The summed E-state index contributed by atoms with van der Waals surface area (Å²) in [6.45, 7) is 0. The molecule has 2 aliphatic heterocycles. The summed E-state index contributed by atoms with van der Waals surface area (Å²) in [6.07, 6.45) is 0. The molecule has 5 nitrogen and oxygen atoms in total. The largest absolute Gasteiger partial charge is 0.405 e. The molecule has 104 valence electrons. The number of carbonyl (C=O) groups excluding carboxylic acids is 1. The standard InChI is InChI=1S/C5H2F8N4O/c6-2(7)3(8,9)16(2)14-1(18)15-17-4(10,11)5(17,12)13/h(H2,14,15,18). The van der Waals surface area contributed by atoms with Crippen LogP contribution in [-0.2, 0) is 0 Å². The first-order valence-electron chi connectivity index (χ1n) is 4.06. The predicted octanol–water partition coefficient (Wildman–Crippen LogP) is 1.12. The van der Waals surface area contributed by atoms with Gasteiger partial charge in [0.2, 0.25) is 0 Å². The number of hydrazine groups is 2. The zero-order chi connectivity index (χ0) is 14.1. The molecule has 2 aliphatic rings. The Hall–Kier alpha value is -1.37. The first kappa shape index (κ1) is 13.1. The van der Waals surface area contributed by atoms with E-state index in [0.29, 0.717) is 0 Å². The van der Waals surface area contributed by atoms with Gasteiger partial charge < -0.3 is 0 Å². The van der Waals surface area contributed by atoms with Crippen LogP contribution in [0.25, 0.3) is 0 Å². The van der Waals surface area contributed by atoms with Crippen LogP contribution in [0.1, 0.15) is 0 Å². The van der Waals surface area contributed by atoms with Gasteiger partial charge in [0.25, 0.3) is 0 Å². The average Bonchev–Trinajstić information content (AvgIpc) is 2.73. The molecule has 13 heteroatoms. The van der Waals surface area contributed by atoms with Gasteiger partial charge in [-0.2, -0.15) is 35.1 Å². The smallest absolute Gasteiger partial charge is 0.259 e. The van der Waals surface area contributed by atoms with Crippen LogP contribution < -0.4 is 10.9 Å². The maximum Gasteiger partial charge on any atom is 0.405 e. The van der Waals surface area contributed by atoms with Crippen LogP contribution in [0, 0.1) is 0 Å². The summed E-state index contributed by atoms with van der Waals surface area (Å²) >= 11 is 0. The van der Waals surface area contributed by atoms with Crippen molar-refractivity contribution in [3.8, 4) is 0 Å². The number of carbonyl (C=O) groups is 1. The first-order valence-corrected chi connectivity index (χ1v) is 4.06. The van der Waals surface area contributed by atoms with Crippen LogP contribution in [0.3, 0.4) is 0 Å². The summed E-state index contributed by atoms with van der Waals surface area (Å²) < 4.78 is 97.7. The molecule has 0 aromatic heterocycles. The minimum absolute atomic E-state index is 0.756. The van der Waals surface area contributed by atoms with Crippen LogP contribution in [0.5, 0.6) is 0 Å². The summed E-state index contributed by atoms with van der Waals surface area (Å²) in [4.78, 5) is 10.7. The zero-order valence-electron chi connectivity index (χ0n) is 7.83. The maximum absolute atomic E-state index is 12.2. The Balaban J connectivity index is 1.90. The molecular formula is C5H2F8N4O. The van der Waals surface area contributed by atoms with Crippen molar-refractivity contribution in [2.45, 2.75) is 24.2 Å². The van der Waals surface area contributed by atoms with Crippen LogP contribution in [0.4, 0.5) is 39.9 Å². The van der Waals surface area contributed by atoms with E-state index >= 15 is 0 Å². The number of rotatable bonds is 2. The van der Waals surface area contributed by atoms with Crippen LogP contribution in [0.15, 0.2) is 0 Å². The number of halogens is 8. The Kier molecular flexibility index (Phi) is 2.15. The van der Waals surface area contributed by atoms with Crippen molar-refractivity contribution in [2.75, 3.05) is 0 Å². The van der Waals surface area contributed by atoms with Gasteiger partial charge in [-0.05, 0) is 0 Å². The van der Waals surface area contributed by atoms with Gasteiger partial charge in [0.1, 0.15) is 0 Å². The highest BCUT2D eigenvalue weighted by Gasteiger charge is 2.87. The third kappa shape index (κ3) is 1.36. The van der Waals surface area contributed by atoms with Crippen molar-refractivity contribution in [3.05, 3.63) is 0 Å². The first-order chi connectivity index (χ1) is 7.87. The van der Waals surface area contributed by atoms with Crippen molar-refractivity contribution in [2.24, 2.45) is 0 Å². The lowest BCUT2D eigenvalue weighted by Crippen LogP contribution is -2.45. The lowest BCUT2D eigenvalue weighted by Gasteiger charge is -2.06. The molecule has 2 amide bonds. The van der Waals surface area contributed by atoms with Crippen molar-refractivity contribution in [1.82, 2.24) is 20.9 Å². The Bertz CT molecular complexity index is 346. The average molecular weight is 286 g/mol. The number of nitrogens with zero attached hydrogens (tertiary/aromatic N) is 2. The van der Waals surface area contributed by atoms with E-state index in [1.54, 1.807) is 0 Å². The van der Waals surface area contributed by atoms with Crippen molar-refractivity contribution in [3.63, 3.8) is 0 Å². The van der Waals surface area contributed by atoms with Gasteiger partial charge in [-0.25, -0.2) is 4.79 Å². The van der Waals surface area contributed by atoms with Crippen LogP contribution in [-0.4, -0.2) is 40.2 Å². The molecule has 18 heavy (non-hydrogen) atoms. The molecule has 2 rings (SSSR count). The predicted molar refractivity (Wildman–Crippen MR) is 35.1 cm³/mol. The fraction of sp³-hybridized carbons (Fsp3) is 0.800. The second kappa shape index (κ2) is 2.96. The van der Waals surface area contributed by atoms with Gasteiger partial charge in [-0.3, -0.25) is 10.9 Å². The number of alkyl halides is 8. The molecule has 0 atom stereocenters. The summed E-state index contributed by atoms with van der Waals surface area (Å²) in [6, 6.07) is -20.9. The molecule has 0 unspecified atom stereocenters. The zero-order valence-corrected chi connectivity index (χ0v) is 7.83. The fourth-order valence-electron chi connectivity index (χ4n) is 1.02. The minimum atomic E-state index is -4.70. The summed E-state index contributed by atoms with van der Waals surface area (Å²) in [5, 5.41) is -2.34. The topological polar surface area (TPSA) is 47.1 Å². The van der Waals surface area contributed by atoms with Gasteiger partial charge in [-0.1, -0.05) is 10.0 Å². The normalized spacial score (nSPS) is 30.7. The summed E-state index contributed by atoms with van der Waals surface area (Å²) in [5.74, 6) is 0. The number of hydrogen-bond acceptors (Lipinski definition) is 3. The molecule has 0 radical (unpaired) electrons. The second-order valence-corrected chi connectivity index (χ2v) is 3.39. The highest BCUT2D eigenvalue weighted by molar-refractivity contribution is 5.73. The lowest BCUT2D eigenvalue weighted by atomic mass is 10.8. The molecule has 2 N–H and O–H groups in total. The molecule has 0 aromatic carbocycles. The number of nitrogens with one attached hydrogen (secondary N) is 2. The highest BCUT2D eigenvalue weighted by Crippen LogP contribution is 2.56. The number of amides is 2. The molecular weight excluding hydrogens is 284 g/mol. The third-order valence-corrected chi connectivity index (χ3v) is 2.17. The lowest BCUT2D eigenvalue weighted by molar-refractivity contribution is -0.0278. The monoisotopic (exact) mass is 286 g/mol. The van der Waals surface area contributed by atoms with Crippen molar-refractivity contribution < 1.29 is 39.9 Å². The maximum atomic E-state index is 12.2. The summed E-state index contributed by atoms with van der Waals surface area (Å²) in [5.41, 5.74) is 1.51. The van der Waals surface area contributed by atoms with Gasteiger partial charge >= 0.3 is 30.2 Å². The third-order valence-electron chi connectivity index (χ3n) is 2.17. The van der Waals surface area contributed by atoms with Crippen molar-refractivity contribution in [1.29, 1.82) is 0 Å². The molecule has 0 saturated carbocycles. The Morgan fingerprint density at radius 2 is 0.889 bits per heavy atom. The number of hydrogen-bond donors (Lipinski definition) is 2. The van der Waals surface area contributed by atoms with E-state index in [9.17, 15) is 39.9 Å². The molecule has 2 heterocycles. The fourth-order valence-corrected chi connectivity index (χ4v) is 1.02. The van der Waals surface area contributed by atoms with Crippen LogP contribution >= 0.6 is 0 Å². The van der Waals surface area contributed by atoms with Crippen molar-refractivity contribution >= 4 is 6.03 Å². The molecule has 0 aromatic rings. The van der Waals surface area contributed by atoms with E-state index in [2.05, 4.69) is 0 Å². The second-order valence-electron chi connectivity index (χ2n) is 3.39. The Morgan fingerprint density at radius 1 is 0.667 bits per heavy atom. The van der Waals surface area contributed by atoms with Gasteiger partial charge in [0.05, 0.1) is 0 Å². The van der Waals surface area contributed by atoms with Gasteiger partial charge in [0, 0.05) is 0 Å². The van der Waals surface area contributed by atoms with E-state index in [-0.39, 0.29) is 0 Å². The highest BCUT2D eigenvalue weighted by atomic mass is 19.3. The van der Waals surface area contributed by atoms with E-state index in [1.165, 1.54) is 0 Å². The molecule has 0 bridgehead atoms. The molecule has 0 spiro atoms. The van der Waals surface area contributed by atoms with Gasteiger partial charge in [-0.15, -0.1) is 0 Å². The SMILES string of the molecule is O=C(NN1C(F)(F)C1(F)F)NN1C(F)(F)C1(F)F. The Morgan fingerprint density at radius 3 is 1.06 bits per heavy atom. The van der Waals surface area contributed by atoms with E-state index in [1.807, 2.05) is 0 Å². The molecule has 2 saturated heterocycles. The van der Waals surface area contributed by atoms with E-state index in [4.69, 9.17) is 0 Å². The molecule has 0 aliphatic carbocycles. The quantitative estimate of drug-likeness (QED) is 0.454. The summed E-state index contributed by atoms with van der Waals surface area (Å²) in [7, 11) is 0. The van der Waals surface area contributed by atoms with E-state index in [0.717, 1.165) is 10.9 Å².